The van der Waals surface area contributed by atoms with E-state index in [0.717, 1.165) is 11.3 Å². The number of hydrogen-bond acceptors (Lipinski definition) is 1. The molecule has 0 N–H and O–H groups in total. The normalized spacial score (nSPS) is 9.00. The van der Waals surface area contributed by atoms with Crippen molar-refractivity contribution in [3.63, 3.8) is 0 Å². The van der Waals surface area contributed by atoms with Gasteiger partial charge in [0.15, 0.2) is 0 Å². The van der Waals surface area contributed by atoms with E-state index in [4.69, 9.17) is 22.8 Å². The molecule has 0 aliphatic carbocycles. The predicted molar refractivity (Wildman–Crippen MR) is 50.6 cm³/mol. The highest BCUT2D eigenvalue weighted by atomic mass is 35.5. The molecule has 0 saturated heterocycles. The van der Waals surface area contributed by atoms with Crippen LogP contribution >= 0.6 is 11.6 Å². The fourth-order valence-corrected chi connectivity index (χ4v) is 0.909. The Morgan fingerprint density at radius 3 is 3.00 bits per heavy atom. The molecule has 0 aliphatic rings. The van der Waals surface area contributed by atoms with Crippen molar-refractivity contribution in [2.75, 3.05) is 12.5 Å². The highest BCUT2D eigenvalue weighted by Crippen LogP contribution is 2.12. The zero-order valence-electron chi connectivity index (χ0n) is 6.59. The van der Waals surface area contributed by atoms with Crippen LogP contribution < -0.4 is 4.74 Å². The molecule has 1 rings (SSSR count). The van der Waals surface area contributed by atoms with Gasteiger partial charge in [-0.3, -0.25) is 0 Å². The molecule has 0 heterocycles. The predicted octanol–water partition coefficient (Wildman–Crippen LogP) is 2.29. The summed E-state index contributed by atoms with van der Waals surface area (Å²) < 4.78 is 5.27. The first-order valence-electron chi connectivity index (χ1n) is 3.62. The molecule has 62 valence electrons. The average molecular weight is 181 g/mol. The number of halogens is 1. The summed E-state index contributed by atoms with van der Waals surface area (Å²) in [5.74, 6) is 3.79. The largest absolute Gasteiger partial charge is 0.492 e. The number of hydrogen-bond donors (Lipinski definition) is 0. The minimum atomic E-state index is 0.486. The topological polar surface area (TPSA) is 9.23 Å². The first-order chi connectivity index (χ1) is 5.86. The Hall–Kier alpha value is -1.13. The summed E-state index contributed by atoms with van der Waals surface area (Å²) in [6.07, 6.45) is 5.22. The molecule has 0 aromatic heterocycles. The van der Waals surface area contributed by atoms with Gasteiger partial charge in [-0.1, -0.05) is 12.0 Å². The van der Waals surface area contributed by atoms with Gasteiger partial charge in [-0.05, 0) is 18.2 Å². The molecule has 0 amide bonds. The van der Waals surface area contributed by atoms with Crippen LogP contribution in [0, 0.1) is 12.3 Å². The van der Waals surface area contributed by atoms with Gasteiger partial charge in [-0.15, -0.1) is 18.0 Å². The van der Waals surface area contributed by atoms with Crippen molar-refractivity contribution in [1.82, 2.24) is 0 Å². The Balaban J connectivity index is 2.68. The van der Waals surface area contributed by atoms with Crippen molar-refractivity contribution in [2.45, 2.75) is 0 Å². The third-order valence-electron chi connectivity index (χ3n) is 1.35. The Morgan fingerprint density at radius 1 is 1.50 bits per heavy atom. The minimum absolute atomic E-state index is 0.486. The zero-order valence-corrected chi connectivity index (χ0v) is 7.34. The third kappa shape index (κ3) is 2.48. The summed E-state index contributed by atoms with van der Waals surface area (Å²) in [7, 11) is 0. The number of terminal acetylenes is 1. The molecule has 1 aromatic carbocycles. The number of rotatable bonds is 3. The van der Waals surface area contributed by atoms with Crippen molar-refractivity contribution in [2.24, 2.45) is 0 Å². The fourth-order valence-electron chi connectivity index (χ4n) is 0.832. The van der Waals surface area contributed by atoms with Crippen LogP contribution in [0.4, 0.5) is 0 Å². The summed E-state index contributed by atoms with van der Waals surface area (Å²) in [6.45, 7) is 0.510. The van der Waals surface area contributed by atoms with E-state index < -0.39 is 0 Å². The van der Waals surface area contributed by atoms with E-state index in [0.29, 0.717) is 12.5 Å². The molecular formula is C10H9ClO. The first-order valence-corrected chi connectivity index (χ1v) is 4.15. The van der Waals surface area contributed by atoms with Crippen molar-refractivity contribution in [1.29, 1.82) is 0 Å². The van der Waals surface area contributed by atoms with E-state index in [1.165, 1.54) is 0 Å². The van der Waals surface area contributed by atoms with Gasteiger partial charge in [0.25, 0.3) is 0 Å². The fraction of sp³-hybridized carbons (Fsp3) is 0.200. The van der Waals surface area contributed by atoms with E-state index in [2.05, 4.69) is 5.92 Å². The molecule has 0 saturated carbocycles. The maximum atomic E-state index is 5.46. The highest BCUT2D eigenvalue weighted by Gasteiger charge is 1.92. The molecule has 0 unspecified atom stereocenters. The van der Waals surface area contributed by atoms with Gasteiger partial charge in [0.2, 0.25) is 0 Å². The first kappa shape index (κ1) is 8.96. The van der Waals surface area contributed by atoms with Crippen LogP contribution in [0.1, 0.15) is 5.56 Å². The second-order valence-corrected chi connectivity index (χ2v) is 2.59. The van der Waals surface area contributed by atoms with Gasteiger partial charge in [-0.25, -0.2) is 0 Å². The maximum Gasteiger partial charge on any atom is 0.120 e. The van der Waals surface area contributed by atoms with Gasteiger partial charge in [-0.2, -0.15) is 0 Å². The van der Waals surface area contributed by atoms with Gasteiger partial charge in [0, 0.05) is 5.56 Å². The lowest BCUT2D eigenvalue weighted by Crippen LogP contribution is -1.97. The summed E-state index contributed by atoms with van der Waals surface area (Å²) >= 11 is 5.46. The molecule has 1 aromatic rings. The van der Waals surface area contributed by atoms with E-state index in [1.807, 2.05) is 24.3 Å². The van der Waals surface area contributed by atoms with E-state index in [9.17, 15) is 0 Å². The molecule has 0 radical (unpaired) electrons. The lowest BCUT2D eigenvalue weighted by molar-refractivity contribution is 0.342. The quantitative estimate of drug-likeness (QED) is 0.512. The zero-order chi connectivity index (χ0) is 8.81. The molecule has 0 bridgehead atoms. The van der Waals surface area contributed by atoms with Crippen molar-refractivity contribution >= 4 is 11.6 Å². The molecule has 0 aliphatic heterocycles. The smallest absolute Gasteiger partial charge is 0.120 e. The average Bonchev–Trinajstić information content (AvgIpc) is 2.15. The van der Waals surface area contributed by atoms with E-state index >= 15 is 0 Å². The van der Waals surface area contributed by atoms with Crippen LogP contribution in [0.2, 0.25) is 0 Å². The Bertz CT molecular complexity index is 288. The van der Waals surface area contributed by atoms with Crippen LogP contribution in [0.25, 0.3) is 0 Å². The van der Waals surface area contributed by atoms with Crippen molar-refractivity contribution in [3.05, 3.63) is 29.8 Å². The molecule has 2 heteroatoms. The molecule has 0 spiro atoms. The van der Waals surface area contributed by atoms with Crippen LogP contribution in [0.5, 0.6) is 5.75 Å². The number of alkyl halides is 1. The van der Waals surface area contributed by atoms with Crippen LogP contribution in [-0.4, -0.2) is 12.5 Å². The molecular weight excluding hydrogens is 172 g/mol. The minimum Gasteiger partial charge on any atom is -0.492 e. The van der Waals surface area contributed by atoms with Crippen molar-refractivity contribution < 1.29 is 4.74 Å². The maximum absolute atomic E-state index is 5.46. The summed E-state index contributed by atoms with van der Waals surface area (Å²) in [5.41, 5.74) is 0.821. The van der Waals surface area contributed by atoms with Crippen LogP contribution in [0.15, 0.2) is 24.3 Å². The molecule has 0 fully saturated rings. The monoisotopic (exact) mass is 180 g/mol. The van der Waals surface area contributed by atoms with E-state index in [1.54, 1.807) is 0 Å². The Kier molecular flexibility index (Phi) is 3.50. The summed E-state index contributed by atoms with van der Waals surface area (Å²) in [4.78, 5) is 0. The number of benzene rings is 1. The molecule has 12 heavy (non-hydrogen) atoms. The summed E-state index contributed by atoms with van der Waals surface area (Å²) in [6, 6.07) is 7.38. The Morgan fingerprint density at radius 2 is 2.33 bits per heavy atom. The number of ether oxygens (including phenoxy) is 1. The SMILES string of the molecule is C#Cc1cccc(OCCCl)c1. The van der Waals surface area contributed by atoms with Crippen LogP contribution in [-0.2, 0) is 0 Å². The van der Waals surface area contributed by atoms with Gasteiger partial charge >= 0.3 is 0 Å². The van der Waals surface area contributed by atoms with Gasteiger partial charge in [0.05, 0.1) is 5.88 Å². The standard InChI is InChI=1S/C10H9ClO/c1-2-9-4-3-5-10(8-9)12-7-6-11/h1,3-5,8H,6-7H2. The molecule has 1 nitrogen and oxygen atoms in total. The van der Waals surface area contributed by atoms with Crippen molar-refractivity contribution in [3.8, 4) is 18.1 Å². The van der Waals surface area contributed by atoms with Gasteiger partial charge < -0.3 is 4.74 Å². The third-order valence-corrected chi connectivity index (χ3v) is 1.50. The lowest BCUT2D eigenvalue weighted by atomic mass is 10.2. The summed E-state index contributed by atoms with van der Waals surface area (Å²) in [5, 5.41) is 0. The Labute approximate surface area is 77.3 Å². The molecule has 0 atom stereocenters. The van der Waals surface area contributed by atoms with Gasteiger partial charge in [0.1, 0.15) is 12.4 Å². The van der Waals surface area contributed by atoms with E-state index in [-0.39, 0.29) is 0 Å². The second kappa shape index (κ2) is 4.69. The van der Waals surface area contributed by atoms with Crippen LogP contribution in [0.3, 0.4) is 0 Å². The lowest BCUT2D eigenvalue weighted by Gasteiger charge is -2.02. The second-order valence-electron chi connectivity index (χ2n) is 2.21. The highest BCUT2D eigenvalue weighted by molar-refractivity contribution is 6.17.